The molecule has 6 rings (SSSR count). The van der Waals surface area contributed by atoms with Gasteiger partial charge in [-0.05, 0) is 56.4 Å². The van der Waals surface area contributed by atoms with Gasteiger partial charge in [0.1, 0.15) is 17.2 Å². The molecule has 0 bridgehead atoms. The number of para-hydroxylation sites is 1. The minimum atomic E-state index is 0.0939. The Morgan fingerprint density at radius 2 is 1.79 bits per heavy atom. The summed E-state index contributed by atoms with van der Waals surface area (Å²) in [6.45, 7) is 8.05. The molecule has 0 N–H and O–H groups in total. The molecule has 1 fully saturated rings. The number of carbonyl (C=O) groups is 1. The van der Waals surface area contributed by atoms with Crippen molar-refractivity contribution >= 4 is 16.7 Å². The lowest BCUT2D eigenvalue weighted by Crippen LogP contribution is -2.36. The highest BCUT2D eigenvalue weighted by Gasteiger charge is 2.41. The Bertz CT molecular complexity index is 1350. The second-order valence-electron chi connectivity index (χ2n) is 9.15. The molecule has 34 heavy (non-hydrogen) atoms. The summed E-state index contributed by atoms with van der Waals surface area (Å²) in [6, 6.07) is 14.1. The molecule has 4 aromatic rings. The van der Waals surface area contributed by atoms with Gasteiger partial charge in [0.05, 0.1) is 11.2 Å². The van der Waals surface area contributed by atoms with E-state index in [0.29, 0.717) is 23.9 Å². The van der Waals surface area contributed by atoms with Gasteiger partial charge in [-0.15, -0.1) is 0 Å². The number of hydrogen-bond acceptors (Lipinski definition) is 5. The zero-order chi connectivity index (χ0) is 23.8. The van der Waals surface area contributed by atoms with E-state index in [1.807, 2.05) is 63.4 Å². The number of Topliss-reactive ketones (excluding diaryl/α,β-unsaturated/α-hetero) is 1. The Labute approximate surface area is 200 Å². The number of carbonyl (C=O) groups excluding carboxylic acids is 1. The first kappa shape index (κ1) is 22.5. The van der Waals surface area contributed by atoms with Gasteiger partial charge in [0.2, 0.25) is 0 Å². The number of nitrogens with zero attached hydrogens (tertiary/aromatic N) is 3. The van der Waals surface area contributed by atoms with Crippen LogP contribution in [0, 0.1) is 18.8 Å². The fraction of sp³-hybridized carbons (Fsp3) is 0.379. The van der Waals surface area contributed by atoms with Crippen LogP contribution in [-0.2, 0) is 11.2 Å². The molecule has 5 nitrogen and oxygen atoms in total. The van der Waals surface area contributed by atoms with Crippen molar-refractivity contribution < 1.29 is 9.21 Å². The smallest absolute Gasteiger partial charge is 0.160 e. The van der Waals surface area contributed by atoms with E-state index in [0.717, 1.165) is 58.6 Å². The molecule has 0 amide bonds. The van der Waals surface area contributed by atoms with Crippen molar-refractivity contribution in [2.45, 2.75) is 59.3 Å². The van der Waals surface area contributed by atoms with Gasteiger partial charge in [-0.25, -0.2) is 9.97 Å². The highest BCUT2D eigenvalue weighted by Crippen LogP contribution is 2.48. The number of furan rings is 1. The van der Waals surface area contributed by atoms with E-state index in [1.54, 1.807) is 0 Å². The topological polar surface area (TPSA) is 68.9 Å². The quantitative estimate of drug-likeness (QED) is 0.329. The lowest BCUT2D eigenvalue weighted by atomic mass is 9.65. The fourth-order valence-electron chi connectivity index (χ4n) is 5.66. The maximum Gasteiger partial charge on any atom is 0.160 e. The summed E-state index contributed by atoms with van der Waals surface area (Å²) in [7, 11) is 0. The SMILES string of the molecule is CC.Cc1ccc(-c2nc(-c3ccnc4ccccc34)nc3c2CCC2C(C)C(=O)CCC32)o1. The molecule has 0 saturated heterocycles. The van der Waals surface area contributed by atoms with E-state index in [2.05, 4.69) is 18.0 Å². The van der Waals surface area contributed by atoms with Crippen LogP contribution in [0.3, 0.4) is 0 Å². The Morgan fingerprint density at radius 1 is 0.971 bits per heavy atom. The zero-order valence-corrected chi connectivity index (χ0v) is 20.3. The third-order valence-corrected chi connectivity index (χ3v) is 7.35. The van der Waals surface area contributed by atoms with Gasteiger partial charge in [0.25, 0.3) is 0 Å². The second-order valence-corrected chi connectivity index (χ2v) is 9.15. The van der Waals surface area contributed by atoms with Crippen LogP contribution < -0.4 is 0 Å². The van der Waals surface area contributed by atoms with E-state index in [1.165, 1.54) is 5.56 Å². The van der Waals surface area contributed by atoms with Gasteiger partial charge >= 0.3 is 0 Å². The van der Waals surface area contributed by atoms with Gasteiger partial charge < -0.3 is 4.42 Å². The predicted octanol–water partition coefficient (Wildman–Crippen LogP) is 6.93. The number of rotatable bonds is 2. The summed E-state index contributed by atoms with van der Waals surface area (Å²) >= 11 is 0. The normalized spacial score (nSPS) is 21.4. The molecular weight excluding hydrogens is 422 g/mol. The number of fused-ring (bicyclic) bond motifs is 4. The van der Waals surface area contributed by atoms with Gasteiger partial charge in [-0.3, -0.25) is 9.78 Å². The molecule has 3 unspecified atom stereocenters. The standard InChI is InChI=1S/C27H25N3O2.C2H6/c1-15-7-12-24(32-15)26-21-9-8-17-16(2)23(31)11-10-19(17)25(21)29-27(30-26)20-13-14-28-22-6-4-3-5-18(20)22;1-2/h3-7,12-14,16-17,19H,8-11H2,1-2H3;1-2H3. The van der Waals surface area contributed by atoms with Crippen molar-refractivity contribution in [3.63, 3.8) is 0 Å². The molecule has 2 aliphatic carbocycles. The van der Waals surface area contributed by atoms with E-state index in [9.17, 15) is 4.79 Å². The van der Waals surface area contributed by atoms with Crippen LogP contribution in [-0.4, -0.2) is 20.7 Å². The van der Waals surface area contributed by atoms with E-state index in [-0.39, 0.29) is 11.8 Å². The first-order valence-corrected chi connectivity index (χ1v) is 12.4. The van der Waals surface area contributed by atoms with Crippen LogP contribution in [0.2, 0.25) is 0 Å². The van der Waals surface area contributed by atoms with Crippen LogP contribution in [0.25, 0.3) is 33.7 Å². The molecule has 0 radical (unpaired) electrons. The van der Waals surface area contributed by atoms with Crippen molar-refractivity contribution in [2.75, 3.05) is 0 Å². The lowest BCUT2D eigenvalue weighted by molar-refractivity contribution is -0.126. The molecule has 174 valence electrons. The second kappa shape index (κ2) is 9.13. The molecule has 3 aromatic heterocycles. The van der Waals surface area contributed by atoms with Crippen molar-refractivity contribution in [1.82, 2.24) is 15.0 Å². The van der Waals surface area contributed by atoms with Crippen LogP contribution in [0.5, 0.6) is 0 Å². The van der Waals surface area contributed by atoms with Crippen molar-refractivity contribution in [2.24, 2.45) is 11.8 Å². The van der Waals surface area contributed by atoms with Crippen LogP contribution in [0.15, 0.2) is 53.1 Å². The molecule has 1 aromatic carbocycles. The van der Waals surface area contributed by atoms with Crippen LogP contribution >= 0.6 is 0 Å². The maximum atomic E-state index is 12.4. The van der Waals surface area contributed by atoms with Crippen molar-refractivity contribution in [3.05, 3.63) is 65.7 Å². The molecule has 2 aliphatic rings. The minimum Gasteiger partial charge on any atom is -0.460 e. The number of ketones is 1. The summed E-state index contributed by atoms with van der Waals surface area (Å²) in [5.41, 5.74) is 5.09. The largest absolute Gasteiger partial charge is 0.460 e. The molecule has 3 atom stereocenters. The van der Waals surface area contributed by atoms with Gasteiger partial charge in [-0.1, -0.05) is 39.0 Å². The number of aryl methyl sites for hydroxylation is 1. The van der Waals surface area contributed by atoms with Crippen LogP contribution in [0.4, 0.5) is 0 Å². The van der Waals surface area contributed by atoms with Crippen molar-refractivity contribution in [3.8, 4) is 22.8 Å². The molecule has 3 heterocycles. The van der Waals surface area contributed by atoms with E-state index >= 15 is 0 Å². The summed E-state index contributed by atoms with van der Waals surface area (Å²) < 4.78 is 6.03. The summed E-state index contributed by atoms with van der Waals surface area (Å²) in [6.07, 6.45) is 5.19. The van der Waals surface area contributed by atoms with Gasteiger partial charge in [0, 0.05) is 41.0 Å². The third kappa shape index (κ3) is 3.73. The Balaban J connectivity index is 0.00000117. The highest BCUT2D eigenvalue weighted by atomic mass is 16.3. The number of hydrogen-bond donors (Lipinski definition) is 0. The zero-order valence-electron chi connectivity index (χ0n) is 20.3. The Kier molecular flexibility index (Phi) is 6.03. The minimum absolute atomic E-state index is 0.0939. The van der Waals surface area contributed by atoms with Gasteiger partial charge in [-0.2, -0.15) is 0 Å². The Morgan fingerprint density at radius 3 is 2.59 bits per heavy atom. The first-order valence-electron chi connectivity index (χ1n) is 12.4. The Hall–Kier alpha value is -3.34. The lowest BCUT2D eigenvalue weighted by Gasteiger charge is -2.40. The molecule has 0 spiro atoms. The third-order valence-electron chi connectivity index (χ3n) is 7.35. The first-order chi connectivity index (χ1) is 16.6. The summed E-state index contributed by atoms with van der Waals surface area (Å²) in [5.74, 6) is 3.50. The van der Waals surface area contributed by atoms with E-state index in [4.69, 9.17) is 14.4 Å². The average molecular weight is 454 g/mol. The van der Waals surface area contributed by atoms with Crippen LogP contribution in [0.1, 0.15) is 63.0 Å². The highest BCUT2D eigenvalue weighted by molar-refractivity contribution is 5.92. The summed E-state index contributed by atoms with van der Waals surface area (Å²) in [4.78, 5) is 27.2. The average Bonchev–Trinajstić information content (AvgIpc) is 3.32. The number of pyridine rings is 1. The molecule has 1 saturated carbocycles. The number of aromatic nitrogens is 3. The monoisotopic (exact) mass is 453 g/mol. The maximum absolute atomic E-state index is 12.4. The number of benzene rings is 1. The molecule has 5 heteroatoms. The predicted molar refractivity (Wildman–Crippen MR) is 135 cm³/mol. The fourth-order valence-corrected chi connectivity index (χ4v) is 5.66. The van der Waals surface area contributed by atoms with E-state index < -0.39 is 0 Å². The molecule has 0 aliphatic heterocycles. The molecular formula is C29H31N3O2. The summed E-state index contributed by atoms with van der Waals surface area (Å²) in [5, 5.41) is 1.04. The van der Waals surface area contributed by atoms with Gasteiger partial charge in [0.15, 0.2) is 11.6 Å². The van der Waals surface area contributed by atoms with Crippen molar-refractivity contribution in [1.29, 1.82) is 0 Å².